The maximum atomic E-state index is 13.8. The fourth-order valence-corrected chi connectivity index (χ4v) is 5.86. The predicted octanol–water partition coefficient (Wildman–Crippen LogP) is 0.851. The maximum Gasteiger partial charge on any atom is 0.250 e. The summed E-state index contributed by atoms with van der Waals surface area (Å²) >= 11 is 0. The van der Waals surface area contributed by atoms with Crippen LogP contribution in [-0.4, -0.2) is 55.3 Å². The third kappa shape index (κ3) is 3.43. The highest BCUT2D eigenvalue weighted by Crippen LogP contribution is 2.53. The zero-order valence-corrected chi connectivity index (χ0v) is 20.3. The summed E-state index contributed by atoms with van der Waals surface area (Å²) in [6.45, 7) is 2.02. The van der Waals surface area contributed by atoms with E-state index in [1.807, 2.05) is 25.1 Å². The highest BCUT2D eigenvalue weighted by molar-refractivity contribution is 6.15. The number of anilines is 1. The van der Waals surface area contributed by atoms with Crippen LogP contribution in [0.25, 0.3) is 0 Å². The molecule has 3 aliphatic heterocycles. The smallest absolute Gasteiger partial charge is 0.250 e. The van der Waals surface area contributed by atoms with Crippen molar-refractivity contribution in [1.82, 2.24) is 10.2 Å². The molecule has 0 aliphatic carbocycles. The van der Waals surface area contributed by atoms with Gasteiger partial charge in [-0.3, -0.25) is 29.4 Å². The number of nitrogens with one attached hydrogen (secondary N) is 2. The molecule has 0 saturated carbocycles. The number of likely N-dealkylation sites (tertiary alicyclic amines) is 1. The number of methoxy groups -OCH3 is 2. The molecular formula is C26H28N4O6. The largest absolute Gasteiger partial charge is 0.493 e. The Morgan fingerprint density at radius 2 is 1.81 bits per heavy atom. The monoisotopic (exact) mass is 492 g/mol. The Bertz CT molecular complexity index is 1290. The molecule has 2 aromatic rings. The second-order valence-electron chi connectivity index (χ2n) is 9.50. The molecule has 4 N–H and O–H groups in total. The van der Waals surface area contributed by atoms with E-state index in [4.69, 9.17) is 15.2 Å². The second-order valence-corrected chi connectivity index (χ2v) is 9.50. The molecule has 10 nitrogen and oxygen atoms in total. The summed E-state index contributed by atoms with van der Waals surface area (Å²) in [5, 5.41) is 6.05. The van der Waals surface area contributed by atoms with Crippen molar-refractivity contribution in [3.63, 3.8) is 0 Å². The first-order valence-electron chi connectivity index (χ1n) is 11.8. The van der Waals surface area contributed by atoms with Gasteiger partial charge in [0, 0.05) is 30.3 Å². The van der Waals surface area contributed by atoms with Gasteiger partial charge in [-0.2, -0.15) is 0 Å². The molecule has 0 bridgehead atoms. The number of carbonyl (C=O) groups is 4. The summed E-state index contributed by atoms with van der Waals surface area (Å²) in [4.78, 5) is 53.9. The summed E-state index contributed by atoms with van der Waals surface area (Å²) in [5.74, 6) is -2.61. The van der Waals surface area contributed by atoms with Gasteiger partial charge in [-0.1, -0.05) is 23.8 Å². The third-order valence-corrected chi connectivity index (χ3v) is 7.45. The molecule has 5 rings (SSSR count). The van der Waals surface area contributed by atoms with Crippen molar-refractivity contribution in [2.75, 3.05) is 26.1 Å². The molecule has 188 valence electrons. The van der Waals surface area contributed by atoms with E-state index < -0.39 is 47.0 Å². The topological polar surface area (TPSA) is 140 Å². The number of benzene rings is 2. The van der Waals surface area contributed by atoms with E-state index in [2.05, 4.69) is 10.6 Å². The quantitative estimate of drug-likeness (QED) is 0.487. The Morgan fingerprint density at radius 3 is 2.50 bits per heavy atom. The Hall–Kier alpha value is -3.92. The van der Waals surface area contributed by atoms with Crippen LogP contribution in [-0.2, 0) is 31.1 Å². The number of amides is 4. The zero-order valence-electron chi connectivity index (χ0n) is 20.3. The van der Waals surface area contributed by atoms with Gasteiger partial charge in [0.1, 0.15) is 5.54 Å². The first-order chi connectivity index (χ1) is 17.2. The van der Waals surface area contributed by atoms with Crippen LogP contribution in [0.2, 0.25) is 0 Å². The fraction of sp³-hybridized carbons (Fsp3) is 0.385. The molecule has 0 aromatic heterocycles. The van der Waals surface area contributed by atoms with Crippen molar-refractivity contribution in [2.24, 2.45) is 17.6 Å². The Kier molecular flexibility index (Phi) is 5.71. The number of rotatable bonds is 7. The molecule has 0 unspecified atom stereocenters. The number of fused-ring (bicyclic) bond motifs is 4. The summed E-state index contributed by atoms with van der Waals surface area (Å²) in [6.07, 6.45) is 0.222. The lowest BCUT2D eigenvalue weighted by molar-refractivity contribution is -0.142. The van der Waals surface area contributed by atoms with Gasteiger partial charge in [-0.25, -0.2) is 0 Å². The van der Waals surface area contributed by atoms with Crippen molar-refractivity contribution >= 4 is 29.3 Å². The molecule has 4 amide bonds. The molecule has 36 heavy (non-hydrogen) atoms. The lowest BCUT2D eigenvalue weighted by Crippen LogP contribution is -2.53. The second kappa shape index (κ2) is 8.63. The summed E-state index contributed by atoms with van der Waals surface area (Å²) < 4.78 is 10.6. The molecule has 2 fully saturated rings. The highest BCUT2D eigenvalue weighted by atomic mass is 16.5. The van der Waals surface area contributed by atoms with Crippen LogP contribution in [0.1, 0.15) is 23.1 Å². The Morgan fingerprint density at radius 1 is 1.06 bits per heavy atom. The summed E-state index contributed by atoms with van der Waals surface area (Å²) in [5.41, 5.74) is 6.99. The van der Waals surface area contributed by atoms with E-state index in [1.165, 1.54) is 12.0 Å². The normalized spacial score (nSPS) is 26.2. The maximum absolute atomic E-state index is 13.8. The number of carbonyl (C=O) groups excluding carboxylic acids is 4. The van der Waals surface area contributed by atoms with Crippen molar-refractivity contribution in [3.05, 3.63) is 53.1 Å². The van der Waals surface area contributed by atoms with Gasteiger partial charge in [0.15, 0.2) is 11.5 Å². The van der Waals surface area contributed by atoms with Crippen LogP contribution in [0, 0.1) is 18.8 Å². The number of nitrogens with two attached hydrogens (primary N) is 1. The van der Waals surface area contributed by atoms with Crippen molar-refractivity contribution < 1.29 is 28.7 Å². The molecule has 0 radical (unpaired) electrons. The standard InChI is InChI=1S/C26H28N4O6/c1-13-4-6-16-15(10-13)26(25(34)28-16)22-21(17(29-26)12-20(27)31)23(32)30(24(22)33)9-8-14-5-7-18(35-2)19(11-14)36-3/h4-7,10-11,17,21-22,29H,8-9,12H2,1-3H3,(H2,27,31)(H,28,34)/t17-,21+,22+,26+/m0/s1. The van der Waals surface area contributed by atoms with Gasteiger partial charge in [0.2, 0.25) is 23.6 Å². The van der Waals surface area contributed by atoms with E-state index in [0.29, 0.717) is 29.2 Å². The molecule has 4 atom stereocenters. The number of hydrogen-bond acceptors (Lipinski definition) is 7. The van der Waals surface area contributed by atoms with Gasteiger partial charge in [0.25, 0.3) is 0 Å². The predicted molar refractivity (Wildman–Crippen MR) is 129 cm³/mol. The first kappa shape index (κ1) is 23.8. The minimum absolute atomic E-state index is 0.127. The molecule has 3 heterocycles. The van der Waals surface area contributed by atoms with Crippen LogP contribution in [0.5, 0.6) is 11.5 Å². The number of aryl methyl sites for hydroxylation is 1. The molecular weight excluding hydrogens is 464 g/mol. The lowest BCUT2D eigenvalue weighted by Gasteiger charge is -2.29. The SMILES string of the molecule is COc1ccc(CCN2C(=O)[C@@H]3[C@H](CC(N)=O)N[C@@]4(C(=O)Nc5ccc(C)cc54)[C@H]3C2=O)cc1OC. The van der Waals surface area contributed by atoms with E-state index >= 15 is 0 Å². The van der Waals surface area contributed by atoms with Crippen LogP contribution in [0.15, 0.2) is 36.4 Å². The Balaban J connectivity index is 1.49. The van der Waals surface area contributed by atoms with Crippen LogP contribution in [0.3, 0.4) is 0 Å². The molecule has 3 aliphatic rings. The Labute approximate surface area is 208 Å². The van der Waals surface area contributed by atoms with Crippen molar-refractivity contribution in [3.8, 4) is 11.5 Å². The van der Waals surface area contributed by atoms with E-state index in [1.54, 1.807) is 25.3 Å². The van der Waals surface area contributed by atoms with Gasteiger partial charge in [-0.15, -0.1) is 0 Å². The average molecular weight is 493 g/mol. The molecule has 2 aromatic carbocycles. The van der Waals surface area contributed by atoms with Crippen molar-refractivity contribution in [1.29, 1.82) is 0 Å². The van der Waals surface area contributed by atoms with Gasteiger partial charge in [0.05, 0.1) is 26.1 Å². The number of hydrogen-bond donors (Lipinski definition) is 3. The minimum Gasteiger partial charge on any atom is -0.493 e. The van der Waals surface area contributed by atoms with Crippen LogP contribution >= 0.6 is 0 Å². The summed E-state index contributed by atoms with van der Waals surface area (Å²) in [7, 11) is 3.08. The third-order valence-electron chi connectivity index (χ3n) is 7.45. The molecule has 2 saturated heterocycles. The fourth-order valence-electron chi connectivity index (χ4n) is 5.86. The highest BCUT2D eigenvalue weighted by Gasteiger charge is 2.70. The lowest BCUT2D eigenvalue weighted by atomic mass is 9.76. The number of ether oxygens (including phenoxy) is 2. The van der Waals surface area contributed by atoms with Gasteiger partial charge < -0.3 is 20.5 Å². The molecule has 10 heteroatoms. The minimum atomic E-state index is -1.45. The first-order valence-corrected chi connectivity index (χ1v) is 11.8. The van der Waals surface area contributed by atoms with Gasteiger partial charge >= 0.3 is 0 Å². The zero-order chi connectivity index (χ0) is 25.8. The van der Waals surface area contributed by atoms with E-state index in [9.17, 15) is 19.2 Å². The van der Waals surface area contributed by atoms with E-state index in [-0.39, 0.29) is 13.0 Å². The number of imide groups is 1. The number of nitrogens with zero attached hydrogens (tertiary/aromatic N) is 1. The van der Waals surface area contributed by atoms with Crippen LogP contribution < -0.4 is 25.8 Å². The average Bonchev–Trinajstić information content (AvgIpc) is 3.41. The number of primary amides is 1. The molecule has 1 spiro atoms. The van der Waals surface area contributed by atoms with E-state index in [0.717, 1.165) is 11.1 Å². The van der Waals surface area contributed by atoms with Crippen LogP contribution in [0.4, 0.5) is 5.69 Å². The van der Waals surface area contributed by atoms with Crippen molar-refractivity contribution in [2.45, 2.75) is 31.3 Å². The summed E-state index contributed by atoms with van der Waals surface area (Å²) in [6, 6.07) is 10.2. The van der Waals surface area contributed by atoms with Gasteiger partial charge in [-0.05, 0) is 37.1 Å².